The molecular weight excluding hydrogens is 558 g/mol. The molecule has 7 nitrogen and oxygen atoms in total. The van der Waals surface area contributed by atoms with Crippen molar-refractivity contribution in [2.24, 2.45) is 0 Å². The summed E-state index contributed by atoms with van der Waals surface area (Å²) in [6, 6.07) is 31.0. The normalized spacial score (nSPS) is 11.9. The largest absolute Gasteiger partial charge is 0.497 e. The van der Waals surface area contributed by atoms with E-state index in [2.05, 4.69) is 29.8 Å². The van der Waals surface area contributed by atoms with Gasteiger partial charge in [0.05, 0.1) is 12.4 Å². The van der Waals surface area contributed by atoms with Crippen molar-refractivity contribution in [3.05, 3.63) is 126 Å². The average molecular weight is 594 g/mol. The van der Waals surface area contributed by atoms with Crippen LogP contribution in [0.25, 0.3) is 6.08 Å². The highest BCUT2D eigenvalue weighted by atomic mass is 32.2. The van der Waals surface area contributed by atoms with Gasteiger partial charge in [-0.2, -0.15) is 0 Å². The number of thioether (sulfide) groups is 1. The molecular formula is C35H35N3O4S. The smallest absolute Gasteiger partial charge is 0.272 e. The fraction of sp³-hybridized carbons (Fsp3) is 0.171. The first-order chi connectivity index (χ1) is 20.7. The Morgan fingerprint density at radius 1 is 0.744 bits per heavy atom. The van der Waals surface area contributed by atoms with Crippen LogP contribution in [-0.4, -0.2) is 30.1 Å². The minimum Gasteiger partial charge on any atom is -0.497 e. The zero-order chi connectivity index (χ0) is 30.8. The molecule has 0 aliphatic heterocycles. The van der Waals surface area contributed by atoms with Gasteiger partial charge >= 0.3 is 0 Å². The Morgan fingerprint density at radius 3 is 1.95 bits per heavy atom. The first-order valence-corrected chi connectivity index (χ1v) is 14.8. The van der Waals surface area contributed by atoms with E-state index in [9.17, 15) is 14.4 Å². The van der Waals surface area contributed by atoms with Gasteiger partial charge in [0.2, 0.25) is 5.91 Å². The Kier molecular flexibility index (Phi) is 10.8. The fourth-order valence-electron chi connectivity index (χ4n) is 4.08. The number of hydrogen-bond acceptors (Lipinski definition) is 5. The number of methoxy groups -OCH3 is 1. The number of ether oxygens (including phenoxy) is 1. The SMILES string of the molecule is COc1ccc(NC(=O)C(C)Sc2ccc(NC(=O)/C(=C/c3ccc(C(C)C)cc3)NC(=O)c3ccccc3)cc2)cc1. The molecule has 43 heavy (non-hydrogen) atoms. The topological polar surface area (TPSA) is 96.5 Å². The second-order valence-electron chi connectivity index (χ2n) is 10.2. The van der Waals surface area contributed by atoms with Crippen LogP contribution in [0.4, 0.5) is 11.4 Å². The quantitative estimate of drug-likeness (QED) is 0.125. The summed E-state index contributed by atoms with van der Waals surface area (Å²) in [7, 11) is 1.59. The number of rotatable bonds is 11. The molecule has 4 rings (SSSR count). The molecule has 1 atom stereocenters. The number of amides is 3. The lowest BCUT2D eigenvalue weighted by Crippen LogP contribution is -2.30. The standard InChI is InChI=1S/C35H35N3O4S/c1-23(2)26-12-10-25(11-13-26)22-32(38-34(40)27-8-6-5-7-9-27)35(41)37-29-16-20-31(21-17-29)43-24(3)33(39)36-28-14-18-30(42-4)19-15-28/h5-24H,1-4H3,(H,36,39)(H,37,41)(H,38,40)/b32-22-. The molecule has 0 heterocycles. The van der Waals surface area contributed by atoms with E-state index in [-0.39, 0.29) is 22.8 Å². The van der Waals surface area contributed by atoms with Gasteiger partial charge in [-0.25, -0.2) is 0 Å². The Labute approximate surface area is 256 Å². The second-order valence-corrected chi connectivity index (χ2v) is 11.6. The van der Waals surface area contributed by atoms with Crippen LogP contribution < -0.4 is 20.7 Å². The molecule has 4 aromatic rings. The molecule has 0 aromatic heterocycles. The second kappa shape index (κ2) is 14.9. The van der Waals surface area contributed by atoms with E-state index in [4.69, 9.17) is 4.74 Å². The summed E-state index contributed by atoms with van der Waals surface area (Å²) >= 11 is 1.41. The molecule has 0 saturated carbocycles. The van der Waals surface area contributed by atoms with E-state index in [1.165, 1.54) is 17.3 Å². The molecule has 8 heteroatoms. The monoisotopic (exact) mass is 593 g/mol. The Hall–Kier alpha value is -4.82. The molecule has 3 N–H and O–H groups in total. The Morgan fingerprint density at radius 2 is 1.35 bits per heavy atom. The van der Waals surface area contributed by atoms with Gasteiger partial charge in [-0.05, 0) is 90.7 Å². The zero-order valence-corrected chi connectivity index (χ0v) is 25.4. The van der Waals surface area contributed by atoms with Crippen LogP contribution in [0, 0.1) is 0 Å². The van der Waals surface area contributed by atoms with Crippen molar-refractivity contribution < 1.29 is 19.1 Å². The Balaban J connectivity index is 1.43. The van der Waals surface area contributed by atoms with Gasteiger partial charge in [0.25, 0.3) is 11.8 Å². The number of hydrogen-bond donors (Lipinski definition) is 3. The minimum atomic E-state index is -0.454. The molecule has 220 valence electrons. The zero-order valence-electron chi connectivity index (χ0n) is 24.6. The van der Waals surface area contributed by atoms with E-state index in [0.29, 0.717) is 28.6 Å². The van der Waals surface area contributed by atoms with Gasteiger partial charge in [-0.3, -0.25) is 14.4 Å². The van der Waals surface area contributed by atoms with Crippen LogP contribution in [0.15, 0.2) is 114 Å². The highest BCUT2D eigenvalue weighted by Crippen LogP contribution is 2.26. The fourth-order valence-corrected chi connectivity index (χ4v) is 4.94. The molecule has 0 aliphatic carbocycles. The first kappa shape index (κ1) is 31.1. The van der Waals surface area contributed by atoms with Gasteiger partial charge in [-0.1, -0.05) is 56.3 Å². The van der Waals surface area contributed by atoms with Crippen LogP contribution in [0.3, 0.4) is 0 Å². The van der Waals surface area contributed by atoms with Crippen LogP contribution >= 0.6 is 11.8 Å². The molecule has 0 radical (unpaired) electrons. The molecule has 1 unspecified atom stereocenters. The van der Waals surface area contributed by atoms with Crippen LogP contribution in [0.1, 0.15) is 48.2 Å². The van der Waals surface area contributed by atoms with Gasteiger partial charge in [0, 0.05) is 21.8 Å². The van der Waals surface area contributed by atoms with E-state index in [0.717, 1.165) is 10.5 Å². The van der Waals surface area contributed by atoms with Gasteiger partial charge in [-0.15, -0.1) is 11.8 Å². The average Bonchev–Trinajstić information content (AvgIpc) is 3.02. The number of carbonyl (C=O) groups is 3. The van der Waals surface area contributed by atoms with Crippen molar-refractivity contribution in [3.8, 4) is 5.75 Å². The van der Waals surface area contributed by atoms with Gasteiger partial charge < -0.3 is 20.7 Å². The summed E-state index contributed by atoms with van der Waals surface area (Å²) in [6.07, 6.45) is 1.66. The predicted molar refractivity (Wildman–Crippen MR) is 174 cm³/mol. The van der Waals surface area contributed by atoms with Crippen LogP contribution in [-0.2, 0) is 9.59 Å². The van der Waals surface area contributed by atoms with Crippen molar-refractivity contribution in [2.75, 3.05) is 17.7 Å². The molecule has 0 bridgehead atoms. The van der Waals surface area contributed by atoms with Gasteiger partial charge in [0.1, 0.15) is 11.4 Å². The van der Waals surface area contributed by atoms with E-state index in [1.807, 2.05) is 49.4 Å². The summed E-state index contributed by atoms with van der Waals surface area (Å²) in [6.45, 7) is 6.07. The van der Waals surface area contributed by atoms with Gasteiger partial charge in [0.15, 0.2) is 0 Å². The van der Waals surface area contributed by atoms with Crippen molar-refractivity contribution in [3.63, 3.8) is 0 Å². The van der Waals surface area contributed by atoms with E-state index >= 15 is 0 Å². The lowest BCUT2D eigenvalue weighted by Gasteiger charge is -2.14. The van der Waals surface area contributed by atoms with Crippen LogP contribution in [0.2, 0.25) is 0 Å². The number of carbonyl (C=O) groups excluding carboxylic acids is 3. The molecule has 0 saturated heterocycles. The van der Waals surface area contributed by atoms with Crippen molar-refractivity contribution >= 4 is 46.9 Å². The lowest BCUT2D eigenvalue weighted by molar-refractivity contribution is -0.115. The van der Waals surface area contributed by atoms with Crippen LogP contribution in [0.5, 0.6) is 5.75 Å². The van der Waals surface area contributed by atoms with E-state index < -0.39 is 5.91 Å². The maximum atomic E-state index is 13.4. The third kappa shape index (κ3) is 9.08. The Bertz CT molecular complexity index is 1570. The van der Waals surface area contributed by atoms with Crippen molar-refractivity contribution in [1.82, 2.24) is 5.32 Å². The third-order valence-electron chi connectivity index (χ3n) is 6.59. The molecule has 3 amide bonds. The summed E-state index contributed by atoms with van der Waals surface area (Å²) < 4.78 is 5.16. The van der Waals surface area contributed by atoms with Crippen molar-refractivity contribution in [2.45, 2.75) is 36.8 Å². The van der Waals surface area contributed by atoms with E-state index in [1.54, 1.807) is 73.8 Å². The molecule has 0 spiro atoms. The minimum absolute atomic E-state index is 0.119. The lowest BCUT2D eigenvalue weighted by atomic mass is 10.0. The highest BCUT2D eigenvalue weighted by Gasteiger charge is 2.17. The number of nitrogens with one attached hydrogen (secondary N) is 3. The molecule has 4 aromatic carbocycles. The predicted octanol–water partition coefficient (Wildman–Crippen LogP) is 7.35. The summed E-state index contributed by atoms with van der Waals surface area (Å²) in [5.41, 5.74) is 3.78. The number of benzene rings is 4. The molecule has 0 fully saturated rings. The molecule has 0 aliphatic rings. The highest BCUT2D eigenvalue weighted by molar-refractivity contribution is 8.00. The third-order valence-corrected chi connectivity index (χ3v) is 7.71. The summed E-state index contributed by atoms with van der Waals surface area (Å²) in [5.74, 6) is 0.136. The summed E-state index contributed by atoms with van der Waals surface area (Å²) in [5, 5.41) is 8.19. The maximum Gasteiger partial charge on any atom is 0.272 e. The van der Waals surface area contributed by atoms with Crippen molar-refractivity contribution in [1.29, 1.82) is 0 Å². The maximum absolute atomic E-state index is 13.4. The first-order valence-electron chi connectivity index (χ1n) is 13.9. The number of anilines is 2. The summed E-state index contributed by atoms with van der Waals surface area (Å²) in [4.78, 5) is 39.8.